The molecule has 0 aliphatic heterocycles. The molecule has 3 rings (SSSR count). The standard InChI is InChI=1S/C34H34N4O2/c1-3-5-7-9-11-39-33-19-32(30-17-27(23-37)14-28(18-30)24-38)34(40-12-10-8-6-4-2)20-31(33)29-15-25(21-35)13-26(16-29)22-36/h13-20H,3-12H2,1-2H3. The first-order valence-electron chi connectivity index (χ1n) is 13.9. The average molecular weight is 531 g/mol. The van der Waals surface area contributed by atoms with Crippen molar-refractivity contribution in [2.24, 2.45) is 0 Å². The summed E-state index contributed by atoms with van der Waals surface area (Å²) < 4.78 is 12.6. The summed E-state index contributed by atoms with van der Waals surface area (Å²) in [4.78, 5) is 0. The maximum Gasteiger partial charge on any atom is 0.128 e. The molecule has 0 fully saturated rings. The van der Waals surface area contributed by atoms with Gasteiger partial charge in [0.15, 0.2) is 0 Å². The van der Waals surface area contributed by atoms with E-state index in [2.05, 4.69) is 38.1 Å². The van der Waals surface area contributed by atoms with E-state index in [0.717, 1.165) is 51.4 Å². The zero-order valence-electron chi connectivity index (χ0n) is 23.3. The van der Waals surface area contributed by atoms with Crippen molar-refractivity contribution < 1.29 is 9.47 Å². The molecule has 6 nitrogen and oxygen atoms in total. The third-order valence-corrected chi connectivity index (χ3v) is 6.60. The predicted octanol–water partition coefficient (Wildman–Crippen LogP) is 8.43. The summed E-state index contributed by atoms with van der Waals surface area (Å²) in [5.74, 6) is 1.18. The van der Waals surface area contributed by atoms with Crippen LogP contribution in [0.4, 0.5) is 0 Å². The molecule has 0 spiro atoms. The minimum absolute atomic E-state index is 0.384. The second-order valence-corrected chi connectivity index (χ2v) is 9.71. The van der Waals surface area contributed by atoms with Gasteiger partial charge in [-0.15, -0.1) is 0 Å². The number of benzene rings is 3. The molecule has 0 amide bonds. The molecule has 0 bridgehead atoms. The first kappa shape index (κ1) is 29.8. The van der Waals surface area contributed by atoms with Crippen LogP contribution in [0.15, 0.2) is 48.5 Å². The van der Waals surface area contributed by atoms with Gasteiger partial charge in [-0.1, -0.05) is 52.4 Å². The molecule has 0 aromatic heterocycles. The normalized spacial score (nSPS) is 10.2. The van der Waals surface area contributed by atoms with E-state index in [-0.39, 0.29) is 0 Å². The van der Waals surface area contributed by atoms with E-state index < -0.39 is 0 Å². The van der Waals surface area contributed by atoms with Crippen LogP contribution < -0.4 is 9.47 Å². The molecular weight excluding hydrogens is 496 g/mol. The van der Waals surface area contributed by atoms with Gasteiger partial charge in [0.05, 0.1) is 59.7 Å². The Hall–Kier alpha value is -4.78. The Morgan fingerprint density at radius 3 is 1.12 bits per heavy atom. The van der Waals surface area contributed by atoms with Gasteiger partial charge in [-0.3, -0.25) is 0 Å². The van der Waals surface area contributed by atoms with Crippen LogP contribution in [0.25, 0.3) is 22.3 Å². The molecule has 3 aromatic rings. The Labute approximate surface area is 237 Å². The SMILES string of the molecule is CCCCCCOc1cc(-c2cc(C#N)cc(C#N)c2)c(OCCCCCC)cc1-c1cc(C#N)cc(C#N)c1. The number of ether oxygens (including phenoxy) is 2. The van der Waals surface area contributed by atoms with Crippen LogP contribution in [-0.4, -0.2) is 13.2 Å². The van der Waals surface area contributed by atoms with Gasteiger partial charge in [-0.2, -0.15) is 21.0 Å². The monoisotopic (exact) mass is 530 g/mol. The van der Waals surface area contributed by atoms with Crippen LogP contribution in [0.1, 0.15) is 87.5 Å². The highest BCUT2D eigenvalue weighted by Crippen LogP contribution is 2.42. The Kier molecular flexibility index (Phi) is 11.6. The fraction of sp³-hybridized carbons (Fsp3) is 0.353. The topological polar surface area (TPSA) is 114 Å². The van der Waals surface area contributed by atoms with Crippen molar-refractivity contribution in [2.75, 3.05) is 13.2 Å². The first-order chi connectivity index (χ1) is 19.6. The molecular formula is C34H34N4O2. The molecule has 0 aliphatic rings. The fourth-order valence-corrected chi connectivity index (χ4v) is 4.50. The van der Waals surface area contributed by atoms with Crippen molar-refractivity contribution in [3.63, 3.8) is 0 Å². The second-order valence-electron chi connectivity index (χ2n) is 9.71. The Morgan fingerprint density at radius 2 is 0.825 bits per heavy atom. The molecule has 0 atom stereocenters. The number of nitriles is 4. The van der Waals surface area contributed by atoms with Crippen LogP contribution in [0.2, 0.25) is 0 Å². The third-order valence-electron chi connectivity index (χ3n) is 6.60. The summed E-state index contributed by atoms with van der Waals surface area (Å²) in [6.07, 6.45) is 8.37. The van der Waals surface area contributed by atoms with E-state index in [4.69, 9.17) is 9.47 Å². The minimum atomic E-state index is 0.384. The Bertz CT molecular complexity index is 1300. The van der Waals surface area contributed by atoms with E-state index in [1.165, 1.54) is 0 Å². The average Bonchev–Trinajstić information content (AvgIpc) is 3.00. The molecule has 0 radical (unpaired) electrons. The lowest BCUT2D eigenvalue weighted by atomic mass is 9.94. The van der Waals surface area contributed by atoms with Crippen LogP contribution >= 0.6 is 0 Å². The molecule has 0 saturated carbocycles. The third kappa shape index (κ3) is 8.11. The number of unbranched alkanes of at least 4 members (excludes halogenated alkanes) is 6. The quantitative estimate of drug-likeness (QED) is 0.193. The highest BCUT2D eigenvalue weighted by atomic mass is 16.5. The number of hydrogen-bond donors (Lipinski definition) is 0. The second kappa shape index (κ2) is 15.6. The summed E-state index contributed by atoms with van der Waals surface area (Å²) in [5.41, 5.74) is 4.34. The van der Waals surface area contributed by atoms with Crippen molar-refractivity contribution in [1.82, 2.24) is 0 Å². The van der Waals surface area contributed by atoms with Crippen LogP contribution in [0, 0.1) is 45.3 Å². The minimum Gasteiger partial charge on any atom is -0.493 e. The lowest BCUT2D eigenvalue weighted by molar-refractivity contribution is 0.299. The largest absolute Gasteiger partial charge is 0.493 e. The van der Waals surface area contributed by atoms with Crippen molar-refractivity contribution in [1.29, 1.82) is 21.0 Å². The number of hydrogen-bond acceptors (Lipinski definition) is 6. The highest BCUT2D eigenvalue weighted by Gasteiger charge is 2.18. The Morgan fingerprint density at radius 1 is 0.475 bits per heavy atom. The van der Waals surface area contributed by atoms with Crippen LogP contribution in [-0.2, 0) is 0 Å². The Balaban J connectivity index is 2.19. The van der Waals surface area contributed by atoms with Gasteiger partial charge in [0.1, 0.15) is 11.5 Å². The highest BCUT2D eigenvalue weighted by molar-refractivity contribution is 5.83. The molecule has 3 aromatic carbocycles. The summed E-state index contributed by atoms with van der Waals surface area (Å²) in [7, 11) is 0. The van der Waals surface area contributed by atoms with E-state index in [1.54, 1.807) is 36.4 Å². The predicted molar refractivity (Wildman–Crippen MR) is 155 cm³/mol. The lowest BCUT2D eigenvalue weighted by Gasteiger charge is -2.19. The summed E-state index contributed by atoms with van der Waals surface area (Å²) in [6, 6.07) is 22.5. The molecule has 40 heavy (non-hydrogen) atoms. The van der Waals surface area contributed by atoms with Gasteiger partial charge in [-0.05, 0) is 72.5 Å². The maximum absolute atomic E-state index is 9.59. The lowest BCUT2D eigenvalue weighted by Crippen LogP contribution is -2.03. The zero-order chi connectivity index (χ0) is 28.7. The van der Waals surface area contributed by atoms with Crippen molar-refractivity contribution in [3.8, 4) is 58.0 Å². The molecule has 6 heteroatoms. The first-order valence-corrected chi connectivity index (χ1v) is 13.9. The molecule has 0 aliphatic carbocycles. The van der Waals surface area contributed by atoms with E-state index in [9.17, 15) is 21.0 Å². The maximum atomic E-state index is 9.59. The molecule has 0 unspecified atom stereocenters. The van der Waals surface area contributed by atoms with Gasteiger partial charge in [0.2, 0.25) is 0 Å². The van der Waals surface area contributed by atoms with E-state index in [0.29, 0.717) is 69.2 Å². The zero-order valence-corrected chi connectivity index (χ0v) is 23.3. The van der Waals surface area contributed by atoms with E-state index in [1.807, 2.05) is 12.1 Å². The smallest absolute Gasteiger partial charge is 0.128 e. The fourth-order valence-electron chi connectivity index (χ4n) is 4.50. The van der Waals surface area contributed by atoms with Gasteiger partial charge in [-0.25, -0.2) is 0 Å². The van der Waals surface area contributed by atoms with Gasteiger partial charge in [0, 0.05) is 11.1 Å². The summed E-state index contributed by atoms with van der Waals surface area (Å²) >= 11 is 0. The molecule has 0 heterocycles. The number of nitrogens with zero attached hydrogens (tertiary/aromatic N) is 4. The molecule has 0 N–H and O–H groups in total. The van der Waals surface area contributed by atoms with Crippen molar-refractivity contribution in [2.45, 2.75) is 65.2 Å². The van der Waals surface area contributed by atoms with Gasteiger partial charge >= 0.3 is 0 Å². The summed E-state index contributed by atoms with van der Waals surface area (Å²) in [5, 5.41) is 38.3. The molecule has 202 valence electrons. The van der Waals surface area contributed by atoms with Gasteiger partial charge in [0.25, 0.3) is 0 Å². The van der Waals surface area contributed by atoms with E-state index >= 15 is 0 Å². The van der Waals surface area contributed by atoms with Crippen LogP contribution in [0.3, 0.4) is 0 Å². The van der Waals surface area contributed by atoms with Crippen LogP contribution in [0.5, 0.6) is 11.5 Å². The van der Waals surface area contributed by atoms with Crippen molar-refractivity contribution in [3.05, 3.63) is 70.8 Å². The molecule has 0 saturated heterocycles. The number of rotatable bonds is 14. The summed E-state index contributed by atoms with van der Waals surface area (Å²) in [6.45, 7) is 5.33. The van der Waals surface area contributed by atoms with Crippen molar-refractivity contribution >= 4 is 0 Å². The van der Waals surface area contributed by atoms with Gasteiger partial charge < -0.3 is 9.47 Å².